The molecule has 11 heavy (non-hydrogen) atoms. The minimum atomic E-state index is 0.775. The van der Waals surface area contributed by atoms with Gasteiger partial charge in [0.15, 0.2) is 0 Å². The van der Waals surface area contributed by atoms with Gasteiger partial charge >= 0.3 is 0 Å². The maximum absolute atomic E-state index is 5.36. The zero-order valence-electron chi connectivity index (χ0n) is 6.54. The molecule has 1 radical (unpaired) electrons. The van der Waals surface area contributed by atoms with Crippen LogP contribution in [0.3, 0.4) is 0 Å². The number of rotatable bonds is 3. The van der Waals surface area contributed by atoms with Gasteiger partial charge in [-0.15, -0.1) is 0 Å². The van der Waals surface area contributed by atoms with E-state index in [0.29, 0.717) is 0 Å². The molecule has 1 aromatic rings. The molecule has 59 valence electrons. The van der Waals surface area contributed by atoms with E-state index in [2.05, 4.69) is 6.92 Å². The summed E-state index contributed by atoms with van der Waals surface area (Å²) in [5, 5.41) is 0. The Hall–Kier alpha value is -0.760. The first-order chi connectivity index (χ1) is 5.33. The van der Waals surface area contributed by atoms with Gasteiger partial charge in [0.25, 0.3) is 0 Å². The van der Waals surface area contributed by atoms with Crippen LogP contribution in [0.2, 0.25) is 0 Å². The van der Waals surface area contributed by atoms with Crippen molar-refractivity contribution < 1.29 is 4.74 Å². The normalized spacial score (nSPS) is 9.55. The molecule has 0 aliphatic rings. The summed E-state index contributed by atoms with van der Waals surface area (Å²) >= 11 is 4.93. The molecule has 0 aliphatic heterocycles. The van der Waals surface area contributed by atoms with Crippen molar-refractivity contribution >= 4 is 12.6 Å². The lowest BCUT2D eigenvalue weighted by atomic mass is 10.3. The molecule has 0 aromatic heterocycles. The Kier molecular flexibility index (Phi) is 3.17. The highest BCUT2D eigenvalue weighted by Gasteiger charge is 1.90. The predicted molar refractivity (Wildman–Crippen MR) is 48.1 cm³/mol. The summed E-state index contributed by atoms with van der Waals surface area (Å²) < 4.78 is 5.36. The van der Waals surface area contributed by atoms with Crippen molar-refractivity contribution in [3.05, 3.63) is 24.3 Å². The molecule has 0 bridgehead atoms. The lowest BCUT2D eigenvalue weighted by Gasteiger charge is -2.02. The smallest absolute Gasteiger partial charge is 0.119 e. The van der Waals surface area contributed by atoms with E-state index in [0.717, 1.165) is 23.7 Å². The van der Waals surface area contributed by atoms with Crippen LogP contribution in [-0.4, -0.2) is 6.61 Å². The highest BCUT2D eigenvalue weighted by molar-refractivity contribution is 7.80. The fraction of sp³-hybridized carbons (Fsp3) is 0.333. The molecule has 2 heteroatoms. The van der Waals surface area contributed by atoms with Gasteiger partial charge in [0, 0.05) is 4.90 Å². The molecular formula is C9H11OS. The van der Waals surface area contributed by atoms with Crippen LogP contribution in [0, 0.1) is 0 Å². The van der Waals surface area contributed by atoms with Gasteiger partial charge in [0.05, 0.1) is 6.61 Å². The maximum Gasteiger partial charge on any atom is 0.119 e. The summed E-state index contributed by atoms with van der Waals surface area (Å²) in [5.74, 6) is 0.903. The molecule has 0 unspecified atom stereocenters. The van der Waals surface area contributed by atoms with Gasteiger partial charge in [-0.1, -0.05) is 19.6 Å². The molecule has 0 atom stereocenters. The minimum Gasteiger partial charge on any atom is -0.494 e. The van der Waals surface area contributed by atoms with Crippen LogP contribution in [0.15, 0.2) is 29.2 Å². The molecule has 1 rings (SSSR count). The summed E-state index contributed by atoms with van der Waals surface area (Å²) in [6.45, 7) is 2.86. The Balaban J connectivity index is 2.52. The molecule has 0 heterocycles. The van der Waals surface area contributed by atoms with Crippen molar-refractivity contribution in [3.63, 3.8) is 0 Å². The highest BCUT2D eigenvalue weighted by atomic mass is 32.1. The third kappa shape index (κ3) is 2.76. The highest BCUT2D eigenvalue weighted by Crippen LogP contribution is 2.14. The summed E-state index contributed by atoms with van der Waals surface area (Å²) in [5.41, 5.74) is 0. The Labute approximate surface area is 72.8 Å². The third-order valence-electron chi connectivity index (χ3n) is 1.30. The van der Waals surface area contributed by atoms with Gasteiger partial charge in [-0.25, -0.2) is 0 Å². The Bertz CT molecular complexity index is 205. The second kappa shape index (κ2) is 4.19. The molecule has 0 saturated carbocycles. The van der Waals surface area contributed by atoms with Crippen molar-refractivity contribution in [2.75, 3.05) is 6.61 Å². The number of hydrogen-bond acceptors (Lipinski definition) is 1. The SMILES string of the molecule is CCCOc1ccc([S])cc1. The quantitative estimate of drug-likeness (QED) is 0.672. The largest absolute Gasteiger partial charge is 0.494 e. The second-order valence-corrected chi connectivity index (χ2v) is 2.79. The van der Waals surface area contributed by atoms with Crippen LogP contribution in [-0.2, 0) is 0 Å². The second-order valence-electron chi connectivity index (χ2n) is 2.32. The van der Waals surface area contributed by atoms with Crippen LogP contribution >= 0.6 is 12.6 Å². The average molecular weight is 167 g/mol. The standard InChI is InChI=1S/C9H11OS/c1-2-7-10-8-3-5-9(11)6-4-8/h3-6H,2,7H2,1H3. The zero-order chi connectivity index (χ0) is 8.10. The first kappa shape index (κ1) is 8.34. The summed E-state index contributed by atoms with van der Waals surface area (Å²) in [7, 11) is 0. The van der Waals surface area contributed by atoms with E-state index in [-0.39, 0.29) is 0 Å². The van der Waals surface area contributed by atoms with E-state index < -0.39 is 0 Å². The molecule has 0 aliphatic carbocycles. The summed E-state index contributed by atoms with van der Waals surface area (Å²) in [4.78, 5) is 0.855. The Morgan fingerprint density at radius 2 is 1.91 bits per heavy atom. The summed E-state index contributed by atoms with van der Waals surface area (Å²) in [6, 6.07) is 7.55. The van der Waals surface area contributed by atoms with Crippen molar-refractivity contribution in [3.8, 4) is 5.75 Å². The van der Waals surface area contributed by atoms with Crippen molar-refractivity contribution in [1.82, 2.24) is 0 Å². The number of ether oxygens (including phenoxy) is 1. The monoisotopic (exact) mass is 167 g/mol. The maximum atomic E-state index is 5.36. The van der Waals surface area contributed by atoms with E-state index in [4.69, 9.17) is 17.4 Å². The van der Waals surface area contributed by atoms with Gasteiger partial charge in [-0.2, -0.15) is 0 Å². The van der Waals surface area contributed by atoms with Gasteiger partial charge in [0.2, 0.25) is 0 Å². The topological polar surface area (TPSA) is 9.23 Å². The number of hydrogen-bond donors (Lipinski definition) is 0. The molecular weight excluding hydrogens is 156 g/mol. The molecule has 1 aromatic carbocycles. The summed E-state index contributed by atoms with van der Waals surface area (Å²) in [6.07, 6.45) is 1.04. The fourth-order valence-corrected chi connectivity index (χ4v) is 0.892. The number of benzene rings is 1. The van der Waals surface area contributed by atoms with Crippen molar-refractivity contribution in [2.45, 2.75) is 18.2 Å². The lowest BCUT2D eigenvalue weighted by Crippen LogP contribution is -1.93. The van der Waals surface area contributed by atoms with Crippen LogP contribution < -0.4 is 4.74 Å². The van der Waals surface area contributed by atoms with Crippen molar-refractivity contribution in [1.29, 1.82) is 0 Å². The van der Waals surface area contributed by atoms with Crippen LogP contribution in [0.5, 0.6) is 5.75 Å². The van der Waals surface area contributed by atoms with Crippen LogP contribution in [0.25, 0.3) is 0 Å². The molecule has 0 amide bonds. The zero-order valence-corrected chi connectivity index (χ0v) is 7.36. The Morgan fingerprint density at radius 1 is 1.27 bits per heavy atom. The van der Waals surface area contributed by atoms with Crippen LogP contribution in [0.1, 0.15) is 13.3 Å². The van der Waals surface area contributed by atoms with Gasteiger partial charge in [-0.3, -0.25) is 0 Å². The average Bonchev–Trinajstić information content (AvgIpc) is 2.04. The van der Waals surface area contributed by atoms with Gasteiger partial charge in [0.1, 0.15) is 5.75 Å². The fourth-order valence-electron chi connectivity index (χ4n) is 0.756. The molecule has 1 nitrogen and oxygen atoms in total. The van der Waals surface area contributed by atoms with Crippen molar-refractivity contribution in [2.24, 2.45) is 0 Å². The third-order valence-corrected chi connectivity index (χ3v) is 1.57. The van der Waals surface area contributed by atoms with Crippen LogP contribution in [0.4, 0.5) is 0 Å². The molecule has 0 fully saturated rings. The molecule has 0 saturated heterocycles. The van der Waals surface area contributed by atoms with E-state index in [9.17, 15) is 0 Å². The van der Waals surface area contributed by atoms with E-state index >= 15 is 0 Å². The van der Waals surface area contributed by atoms with Gasteiger partial charge in [-0.05, 0) is 30.7 Å². The molecule has 0 N–H and O–H groups in total. The van der Waals surface area contributed by atoms with E-state index in [1.54, 1.807) is 0 Å². The molecule has 0 spiro atoms. The van der Waals surface area contributed by atoms with Gasteiger partial charge < -0.3 is 4.74 Å². The minimum absolute atomic E-state index is 0.775. The van der Waals surface area contributed by atoms with E-state index in [1.165, 1.54) is 0 Å². The van der Waals surface area contributed by atoms with E-state index in [1.807, 2.05) is 24.3 Å². The Morgan fingerprint density at radius 3 is 2.45 bits per heavy atom. The first-order valence-corrected chi connectivity index (χ1v) is 4.13. The predicted octanol–water partition coefficient (Wildman–Crippen LogP) is 3.03. The first-order valence-electron chi connectivity index (χ1n) is 3.73. The lowest BCUT2D eigenvalue weighted by molar-refractivity contribution is 0.317.